The molecular formula is C13H22N2S. The standard InChI is InChI=1S/C13H22N2S/c1-4-16-8-7-12(3)14-10-13-6-5-11(2)9-15-13/h5-6,9,12,14H,4,7-8,10H2,1-3H3. The average Bonchev–Trinajstić information content (AvgIpc) is 2.29. The fourth-order valence-corrected chi connectivity index (χ4v) is 2.20. The molecule has 1 heterocycles. The summed E-state index contributed by atoms with van der Waals surface area (Å²) < 4.78 is 0. The van der Waals surface area contributed by atoms with Crippen molar-refractivity contribution in [3.8, 4) is 0 Å². The number of aromatic nitrogens is 1. The first kappa shape index (κ1) is 13.5. The second-order valence-electron chi connectivity index (χ2n) is 4.09. The van der Waals surface area contributed by atoms with Gasteiger partial charge in [-0.25, -0.2) is 0 Å². The van der Waals surface area contributed by atoms with Gasteiger partial charge in [-0.1, -0.05) is 13.0 Å². The number of hydrogen-bond acceptors (Lipinski definition) is 3. The highest BCUT2D eigenvalue weighted by Gasteiger charge is 2.01. The molecule has 0 aliphatic rings. The summed E-state index contributed by atoms with van der Waals surface area (Å²) in [4.78, 5) is 4.38. The van der Waals surface area contributed by atoms with E-state index in [1.54, 1.807) is 0 Å². The molecule has 16 heavy (non-hydrogen) atoms. The molecule has 3 heteroatoms. The Kier molecular flexibility index (Phi) is 6.50. The van der Waals surface area contributed by atoms with Gasteiger partial charge in [0.05, 0.1) is 5.69 Å². The van der Waals surface area contributed by atoms with Crippen molar-refractivity contribution in [3.05, 3.63) is 29.6 Å². The number of thioether (sulfide) groups is 1. The maximum atomic E-state index is 4.38. The molecule has 0 saturated carbocycles. The molecule has 1 atom stereocenters. The van der Waals surface area contributed by atoms with Gasteiger partial charge in [-0.15, -0.1) is 0 Å². The van der Waals surface area contributed by atoms with Gasteiger partial charge in [0.2, 0.25) is 0 Å². The fourth-order valence-electron chi connectivity index (χ4n) is 1.39. The van der Waals surface area contributed by atoms with Crippen molar-refractivity contribution < 1.29 is 0 Å². The molecule has 1 N–H and O–H groups in total. The van der Waals surface area contributed by atoms with Crippen LogP contribution in [0.15, 0.2) is 18.3 Å². The van der Waals surface area contributed by atoms with Crippen molar-refractivity contribution in [3.63, 3.8) is 0 Å². The van der Waals surface area contributed by atoms with Gasteiger partial charge in [0.15, 0.2) is 0 Å². The van der Waals surface area contributed by atoms with Crippen LogP contribution >= 0.6 is 11.8 Å². The van der Waals surface area contributed by atoms with Crippen molar-refractivity contribution in [2.24, 2.45) is 0 Å². The molecule has 0 amide bonds. The Morgan fingerprint density at radius 3 is 2.88 bits per heavy atom. The van der Waals surface area contributed by atoms with Crippen LogP contribution in [0.2, 0.25) is 0 Å². The van der Waals surface area contributed by atoms with E-state index in [1.807, 2.05) is 18.0 Å². The summed E-state index contributed by atoms with van der Waals surface area (Å²) in [6.07, 6.45) is 3.15. The van der Waals surface area contributed by atoms with E-state index in [0.29, 0.717) is 6.04 Å². The quantitative estimate of drug-likeness (QED) is 0.739. The van der Waals surface area contributed by atoms with Crippen LogP contribution in [0.4, 0.5) is 0 Å². The van der Waals surface area contributed by atoms with E-state index in [1.165, 1.54) is 23.5 Å². The zero-order valence-corrected chi connectivity index (χ0v) is 11.3. The summed E-state index contributed by atoms with van der Waals surface area (Å²) in [6.45, 7) is 7.39. The highest BCUT2D eigenvalue weighted by molar-refractivity contribution is 7.99. The molecule has 0 aromatic carbocycles. The number of nitrogens with zero attached hydrogens (tertiary/aromatic N) is 1. The molecule has 1 aromatic rings. The van der Waals surface area contributed by atoms with Crippen LogP contribution in [0, 0.1) is 6.92 Å². The Bertz CT molecular complexity index is 284. The molecule has 2 nitrogen and oxygen atoms in total. The largest absolute Gasteiger partial charge is 0.309 e. The highest BCUT2D eigenvalue weighted by atomic mass is 32.2. The first-order valence-corrected chi connectivity index (χ1v) is 7.10. The summed E-state index contributed by atoms with van der Waals surface area (Å²) in [5.41, 5.74) is 2.34. The zero-order chi connectivity index (χ0) is 11.8. The first-order valence-electron chi connectivity index (χ1n) is 5.95. The number of nitrogens with one attached hydrogen (secondary N) is 1. The Labute approximate surface area is 103 Å². The van der Waals surface area contributed by atoms with Crippen LogP contribution in [0.3, 0.4) is 0 Å². The summed E-state index contributed by atoms with van der Waals surface area (Å²) in [7, 11) is 0. The lowest BCUT2D eigenvalue weighted by atomic mass is 10.2. The maximum Gasteiger partial charge on any atom is 0.0541 e. The second kappa shape index (κ2) is 7.69. The van der Waals surface area contributed by atoms with Gasteiger partial charge in [-0.2, -0.15) is 11.8 Å². The summed E-state index contributed by atoms with van der Waals surface area (Å²) in [5.74, 6) is 2.46. The van der Waals surface area contributed by atoms with E-state index >= 15 is 0 Å². The molecule has 0 saturated heterocycles. The second-order valence-corrected chi connectivity index (χ2v) is 5.49. The van der Waals surface area contributed by atoms with E-state index in [-0.39, 0.29) is 0 Å². The first-order chi connectivity index (χ1) is 7.72. The summed E-state index contributed by atoms with van der Waals surface area (Å²) in [6, 6.07) is 4.78. The number of aryl methyl sites for hydroxylation is 1. The highest BCUT2D eigenvalue weighted by Crippen LogP contribution is 2.04. The van der Waals surface area contributed by atoms with Crippen molar-refractivity contribution in [2.45, 2.75) is 39.8 Å². The third-order valence-electron chi connectivity index (χ3n) is 2.50. The predicted molar refractivity (Wildman–Crippen MR) is 72.9 cm³/mol. The monoisotopic (exact) mass is 238 g/mol. The van der Waals surface area contributed by atoms with Crippen molar-refractivity contribution in [1.82, 2.24) is 10.3 Å². The van der Waals surface area contributed by atoms with E-state index in [9.17, 15) is 0 Å². The van der Waals surface area contributed by atoms with Crippen LogP contribution in [-0.2, 0) is 6.54 Å². The van der Waals surface area contributed by atoms with Gasteiger partial charge in [0, 0.05) is 18.8 Å². The third-order valence-corrected chi connectivity index (χ3v) is 3.44. The molecular weight excluding hydrogens is 216 g/mol. The summed E-state index contributed by atoms with van der Waals surface area (Å²) in [5, 5.41) is 3.50. The molecule has 1 aromatic heterocycles. The third kappa shape index (κ3) is 5.52. The minimum Gasteiger partial charge on any atom is -0.309 e. The molecule has 1 unspecified atom stereocenters. The molecule has 0 fully saturated rings. The van der Waals surface area contributed by atoms with Gasteiger partial charge in [0.1, 0.15) is 0 Å². The van der Waals surface area contributed by atoms with Crippen molar-refractivity contribution in [1.29, 1.82) is 0 Å². The van der Waals surface area contributed by atoms with Crippen LogP contribution in [0.25, 0.3) is 0 Å². The van der Waals surface area contributed by atoms with Gasteiger partial charge in [-0.3, -0.25) is 4.98 Å². The molecule has 1 rings (SSSR count). The molecule has 0 bridgehead atoms. The lowest BCUT2D eigenvalue weighted by molar-refractivity contribution is 0.532. The van der Waals surface area contributed by atoms with Crippen LogP contribution in [0.5, 0.6) is 0 Å². The molecule has 0 radical (unpaired) electrons. The van der Waals surface area contributed by atoms with Crippen molar-refractivity contribution in [2.75, 3.05) is 11.5 Å². The van der Waals surface area contributed by atoms with E-state index in [2.05, 4.69) is 43.2 Å². The predicted octanol–water partition coefficient (Wildman–Crippen LogP) is 3.01. The molecule has 90 valence electrons. The number of pyridine rings is 1. The van der Waals surface area contributed by atoms with Gasteiger partial charge < -0.3 is 5.32 Å². The molecule has 0 aliphatic carbocycles. The maximum absolute atomic E-state index is 4.38. The smallest absolute Gasteiger partial charge is 0.0541 e. The normalized spacial score (nSPS) is 12.7. The Morgan fingerprint density at radius 1 is 1.44 bits per heavy atom. The van der Waals surface area contributed by atoms with Crippen molar-refractivity contribution >= 4 is 11.8 Å². The SMILES string of the molecule is CCSCCC(C)NCc1ccc(C)cn1. The lowest BCUT2D eigenvalue weighted by Gasteiger charge is -2.12. The van der Waals surface area contributed by atoms with Gasteiger partial charge in [-0.05, 0) is 43.4 Å². The Balaban J connectivity index is 2.20. The van der Waals surface area contributed by atoms with Crippen LogP contribution < -0.4 is 5.32 Å². The zero-order valence-electron chi connectivity index (χ0n) is 10.5. The Morgan fingerprint density at radius 2 is 2.25 bits per heavy atom. The van der Waals surface area contributed by atoms with E-state index < -0.39 is 0 Å². The van der Waals surface area contributed by atoms with E-state index in [4.69, 9.17) is 0 Å². The molecule has 0 spiro atoms. The number of rotatable bonds is 7. The lowest BCUT2D eigenvalue weighted by Crippen LogP contribution is -2.26. The minimum absolute atomic E-state index is 0.571. The number of hydrogen-bond donors (Lipinski definition) is 1. The van der Waals surface area contributed by atoms with E-state index in [0.717, 1.165) is 12.2 Å². The topological polar surface area (TPSA) is 24.9 Å². The molecule has 0 aliphatic heterocycles. The van der Waals surface area contributed by atoms with Crippen LogP contribution in [0.1, 0.15) is 31.5 Å². The van der Waals surface area contributed by atoms with Gasteiger partial charge >= 0.3 is 0 Å². The fraction of sp³-hybridized carbons (Fsp3) is 0.615. The summed E-state index contributed by atoms with van der Waals surface area (Å²) >= 11 is 2.00. The van der Waals surface area contributed by atoms with Crippen LogP contribution in [-0.4, -0.2) is 22.5 Å². The average molecular weight is 238 g/mol. The minimum atomic E-state index is 0.571. The van der Waals surface area contributed by atoms with Gasteiger partial charge in [0.25, 0.3) is 0 Å². The Hall–Kier alpha value is -0.540.